The molecule has 27 heavy (non-hydrogen) atoms. The number of hydrogen-bond donors (Lipinski definition) is 2. The van der Waals surface area contributed by atoms with E-state index in [1.165, 1.54) is 11.0 Å². The molecule has 4 aromatic rings. The molecule has 0 saturated carbocycles. The Balaban J connectivity index is 1.74. The number of rotatable bonds is 4. The van der Waals surface area contributed by atoms with Crippen LogP contribution in [0.5, 0.6) is 0 Å². The summed E-state index contributed by atoms with van der Waals surface area (Å²) in [6.07, 6.45) is 3.07. The van der Waals surface area contributed by atoms with Crippen LogP contribution in [0.15, 0.2) is 40.3 Å². The van der Waals surface area contributed by atoms with Gasteiger partial charge in [-0.15, -0.1) is 0 Å². The third kappa shape index (κ3) is 3.34. The molecule has 10 nitrogen and oxygen atoms in total. The van der Waals surface area contributed by atoms with Crippen LogP contribution >= 0.6 is 11.6 Å². The van der Waals surface area contributed by atoms with Gasteiger partial charge in [-0.2, -0.15) is 10.2 Å². The summed E-state index contributed by atoms with van der Waals surface area (Å²) in [5.41, 5.74) is -0.680. The number of aryl methyl sites for hydroxylation is 2. The molecule has 0 aliphatic heterocycles. The van der Waals surface area contributed by atoms with Gasteiger partial charge in [-0.3, -0.25) is 23.7 Å². The van der Waals surface area contributed by atoms with Crippen LogP contribution in [0, 0.1) is 0 Å². The molecule has 3 heterocycles. The molecule has 0 unspecified atom stereocenters. The minimum atomic E-state index is -2.53. The number of H-pyrrole nitrogens is 1. The molecule has 0 radical (unpaired) electrons. The van der Waals surface area contributed by atoms with Crippen molar-refractivity contribution in [1.29, 1.82) is 0 Å². The molecule has 0 spiro atoms. The maximum Gasteiger partial charge on any atom is 0.330 e. The van der Waals surface area contributed by atoms with Gasteiger partial charge in [-0.1, -0.05) is 11.6 Å². The van der Waals surface area contributed by atoms with Crippen molar-refractivity contribution >= 4 is 34.0 Å². The SMILES string of the molecule is [2H]C([2H])(c1ncn(C)n1)n1c(=O)cc(Nc2cc3cn(C)nc3cc2Cl)[nH]c1=O. The third-order valence-electron chi connectivity index (χ3n) is 3.72. The van der Waals surface area contributed by atoms with Gasteiger partial charge in [0.2, 0.25) is 0 Å². The van der Waals surface area contributed by atoms with E-state index in [1.807, 2.05) is 0 Å². The number of benzene rings is 1. The Labute approximate surface area is 159 Å². The number of nitrogens with zero attached hydrogens (tertiary/aromatic N) is 6. The Morgan fingerprint density at radius 2 is 2.04 bits per heavy atom. The average Bonchev–Trinajstić information content (AvgIpc) is 3.19. The smallest absolute Gasteiger partial charge is 0.330 e. The Hall–Kier alpha value is -3.40. The fourth-order valence-corrected chi connectivity index (χ4v) is 2.77. The first-order valence-electron chi connectivity index (χ1n) is 8.78. The molecule has 0 atom stereocenters. The summed E-state index contributed by atoms with van der Waals surface area (Å²) in [6.45, 7) is -2.53. The first-order chi connectivity index (χ1) is 13.6. The molecule has 0 fully saturated rings. The van der Waals surface area contributed by atoms with Crippen LogP contribution in [0.25, 0.3) is 10.9 Å². The zero-order valence-electron chi connectivity index (χ0n) is 16.3. The Bertz CT molecular complexity index is 1320. The fourth-order valence-electron chi connectivity index (χ4n) is 2.57. The summed E-state index contributed by atoms with van der Waals surface area (Å²) < 4.78 is 19.6. The van der Waals surface area contributed by atoms with Crippen molar-refractivity contribution in [3.63, 3.8) is 0 Å². The molecule has 3 aromatic heterocycles. The predicted molar refractivity (Wildman–Crippen MR) is 100 cm³/mol. The normalized spacial score (nSPS) is 12.9. The zero-order chi connectivity index (χ0) is 20.9. The molecule has 4 rings (SSSR count). The molecule has 0 aliphatic carbocycles. The van der Waals surface area contributed by atoms with E-state index < -0.39 is 17.7 Å². The first kappa shape index (κ1) is 14.7. The summed E-state index contributed by atoms with van der Waals surface area (Å²) in [4.78, 5) is 31.3. The highest BCUT2D eigenvalue weighted by atomic mass is 35.5. The number of aromatic nitrogens is 7. The molecule has 1 aromatic carbocycles. The van der Waals surface area contributed by atoms with E-state index in [4.69, 9.17) is 14.3 Å². The molecule has 0 saturated heterocycles. The molecule has 2 N–H and O–H groups in total. The Kier molecular flexibility index (Phi) is 3.49. The molecular weight excluding hydrogens is 372 g/mol. The Morgan fingerprint density at radius 1 is 1.22 bits per heavy atom. The quantitative estimate of drug-likeness (QED) is 0.538. The molecule has 0 amide bonds. The summed E-state index contributed by atoms with van der Waals surface area (Å²) in [6, 6.07) is 4.45. The summed E-state index contributed by atoms with van der Waals surface area (Å²) in [5.74, 6) is -0.246. The highest BCUT2D eigenvalue weighted by Gasteiger charge is 2.11. The van der Waals surface area contributed by atoms with E-state index in [-0.39, 0.29) is 11.6 Å². The summed E-state index contributed by atoms with van der Waals surface area (Å²) in [7, 11) is 3.33. The molecular formula is C16H15ClN8O2. The van der Waals surface area contributed by atoms with Gasteiger partial charge in [-0.05, 0) is 12.1 Å². The summed E-state index contributed by atoms with van der Waals surface area (Å²) >= 11 is 6.26. The second-order valence-electron chi connectivity index (χ2n) is 5.83. The van der Waals surface area contributed by atoms with Gasteiger partial charge in [0.1, 0.15) is 12.1 Å². The monoisotopic (exact) mass is 388 g/mol. The van der Waals surface area contributed by atoms with Crippen molar-refractivity contribution in [3.8, 4) is 0 Å². The van der Waals surface area contributed by atoms with Crippen LogP contribution in [0.4, 0.5) is 11.5 Å². The lowest BCUT2D eigenvalue weighted by Crippen LogP contribution is -2.35. The number of fused-ring (bicyclic) bond motifs is 1. The fraction of sp³-hybridized carbons (Fsp3) is 0.188. The van der Waals surface area contributed by atoms with Crippen molar-refractivity contribution in [2.45, 2.75) is 6.50 Å². The van der Waals surface area contributed by atoms with Gasteiger partial charge in [0.05, 0.1) is 25.5 Å². The van der Waals surface area contributed by atoms with E-state index in [0.717, 1.165) is 11.5 Å². The lowest BCUT2D eigenvalue weighted by atomic mass is 10.2. The number of halogens is 1. The van der Waals surface area contributed by atoms with Crippen molar-refractivity contribution in [3.05, 3.63) is 62.4 Å². The maximum atomic E-state index is 12.5. The van der Waals surface area contributed by atoms with Gasteiger partial charge in [0.25, 0.3) is 5.56 Å². The van der Waals surface area contributed by atoms with Crippen molar-refractivity contribution in [2.75, 3.05) is 5.32 Å². The second-order valence-corrected chi connectivity index (χ2v) is 6.24. The van der Waals surface area contributed by atoms with Gasteiger partial charge in [-0.25, -0.2) is 9.78 Å². The van der Waals surface area contributed by atoms with Crippen LogP contribution in [0.1, 0.15) is 8.57 Å². The topological polar surface area (TPSA) is 115 Å². The molecule has 0 bridgehead atoms. The van der Waals surface area contributed by atoms with Gasteiger partial charge >= 0.3 is 5.69 Å². The highest BCUT2D eigenvalue weighted by Crippen LogP contribution is 2.29. The van der Waals surface area contributed by atoms with E-state index in [0.29, 0.717) is 20.8 Å². The largest absolute Gasteiger partial charge is 0.340 e. The van der Waals surface area contributed by atoms with E-state index in [9.17, 15) is 9.59 Å². The lowest BCUT2D eigenvalue weighted by molar-refractivity contribution is 0.654. The average molecular weight is 389 g/mol. The van der Waals surface area contributed by atoms with Crippen molar-refractivity contribution < 1.29 is 2.74 Å². The molecule has 0 aliphatic rings. The lowest BCUT2D eigenvalue weighted by Gasteiger charge is -2.09. The van der Waals surface area contributed by atoms with Gasteiger partial charge in [0.15, 0.2) is 5.82 Å². The van der Waals surface area contributed by atoms with Crippen LogP contribution < -0.4 is 16.6 Å². The minimum absolute atomic E-state index is 0.0613. The summed E-state index contributed by atoms with van der Waals surface area (Å²) in [5, 5.41) is 12.1. The molecule has 11 heteroatoms. The van der Waals surface area contributed by atoms with E-state index in [2.05, 4.69) is 25.5 Å². The van der Waals surface area contributed by atoms with E-state index >= 15 is 0 Å². The van der Waals surface area contributed by atoms with Crippen LogP contribution in [0.2, 0.25) is 5.02 Å². The number of anilines is 2. The van der Waals surface area contributed by atoms with Crippen LogP contribution in [-0.2, 0) is 20.6 Å². The second kappa shape index (κ2) is 6.40. The van der Waals surface area contributed by atoms with Gasteiger partial charge in [0, 0.05) is 31.7 Å². The zero-order valence-corrected chi connectivity index (χ0v) is 15.0. The van der Waals surface area contributed by atoms with Crippen LogP contribution in [0.3, 0.4) is 0 Å². The standard InChI is InChI=1S/C16H15ClN8O2/c1-23-6-9-3-12(10(17)4-11(9)21-23)19-13-5-15(26)25(16(27)20-13)7-14-18-8-24(2)22-14/h3-6,8,19H,7H2,1-2H3,(H,20,27)/i7D2. The number of nitrogens with one attached hydrogen (secondary N) is 2. The maximum absolute atomic E-state index is 12.5. The van der Waals surface area contributed by atoms with Crippen molar-refractivity contribution in [2.24, 2.45) is 14.1 Å². The van der Waals surface area contributed by atoms with Crippen LogP contribution in [-0.4, -0.2) is 34.1 Å². The Morgan fingerprint density at radius 3 is 2.74 bits per heavy atom. The minimum Gasteiger partial charge on any atom is -0.340 e. The van der Waals surface area contributed by atoms with Gasteiger partial charge < -0.3 is 5.32 Å². The third-order valence-corrected chi connectivity index (χ3v) is 4.03. The highest BCUT2D eigenvalue weighted by molar-refractivity contribution is 6.34. The predicted octanol–water partition coefficient (Wildman–Crippen LogP) is 0.997. The number of hydrogen-bond acceptors (Lipinski definition) is 6. The van der Waals surface area contributed by atoms with Crippen molar-refractivity contribution in [1.82, 2.24) is 34.1 Å². The first-order valence-corrected chi connectivity index (χ1v) is 8.16. The molecule has 138 valence electrons. The number of aromatic amines is 1. The van der Waals surface area contributed by atoms with E-state index in [1.54, 1.807) is 37.1 Å².